The van der Waals surface area contributed by atoms with E-state index in [2.05, 4.69) is 15.3 Å². The van der Waals surface area contributed by atoms with Crippen molar-refractivity contribution in [2.24, 2.45) is 0 Å². The Labute approximate surface area is 143 Å². The largest absolute Gasteiger partial charge is 0.493 e. The minimum atomic E-state index is -0.594. The van der Waals surface area contributed by atoms with E-state index in [9.17, 15) is 9.59 Å². The molecule has 1 aromatic heterocycles. The SMILES string of the molecule is CCOC(=O)c1ncc(NC(=O)c2cc(OC)c3c(c2)OCCO3)[nH]1. The molecule has 0 spiro atoms. The predicted octanol–water partition coefficient (Wildman–Crippen LogP) is 1.62. The van der Waals surface area contributed by atoms with Gasteiger partial charge >= 0.3 is 5.97 Å². The van der Waals surface area contributed by atoms with Crippen LogP contribution in [-0.2, 0) is 4.74 Å². The predicted molar refractivity (Wildman–Crippen MR) is 86.5 cm³/mol. The van der Waals surface area contributed by atoms with E-state index in [1.54, 1.807) is 19.1 Å². The molecule has 3 rings (SSSR count). The maximum atomic E-state index is 12.4. The summed E-state index contributed by atoms with van der Waals surface area (Å²) in [7, 11) is 1.48. The lowest BCUT2D eigenvalue weighted by Crippen LogP contribution is -2.18. The average Bonchev–Trinajstić information content (AvgIpc) is 3.09. The number of nitrogens with one attached hydrogen (secondary N) is 2. The fraction of sp³-hybridized carbons (Fsp3) is 0.312. The Bertz CT molecular complexity index is 784. The van der Waals surface area contributed by atoms with Crippen LogP contribution < -0.4 is 19.5 Å². The number of ether oxygens (including phenoxy) is 4. The summed E-state index contributed by atoms with van der Waals surface area (Å²) < 4.78 is 21.1. The van der Waals surface area contributed by atoms with Crippen LogP contribution >= 0.6 is 0 Å². The first kappa shape index (κ1) is 16.6. The van der Waals surface area contributed by atoms with Crippen molar-refractivity contribution in [2.75, 3.05) is 32.2 Å². The highest BCUT2D eigenvalue weighted by molar-refractivity contribution is 6.04. The van der Waals surface area contributed by atoms with Crippen LogP contribution in [0.3, 0.4) is 0 Å². The monoisotopic (exact) mass is 347 g/mol. The molecular weight excluding hydrogens is 330 g/mol. The topological polar surface area (TPSA) is 112 Å². The van der Waals surface area contributed by atoms with Gasteiger partial charge in [-0.05, 0) is 19.1 Å². The number of fused-ring (bicyclic) bond motifs is 1. The number of esters is 1. The molecule has 132 valence electrons. The van der Waals surface area contributed by atoms with E-state index in [1.165, 1.54) is 13.3 Å². The molecule has 1 aromatic carbocycles. The summed E-state index contributed by atoms with van der Waals surface area (Å²) in [6.07, 6.45) is 1.33. The standard InChI is InChI=1S/C16H17N3O6/c1-3-23-16(21)14-17-8-12(18-14)19-15(20)9-6-10(22-2)13-11(7-9)24-4-5-25-13/h6-8H,3-5H2,1-2H3,(H,17,18)(H,19,20). The van der Waals surface area contributed by atoms with Crippen molar-refractivity contribution in [1.29, 1.82) is 0 Å². The number of rotatable bonds is 5. The van der Waals surface area contributed by atoms with Gasteiger partial charge in [-0.2, -0.15) is 0 Å². The number of amides is 1. The van der Waals surface area contributed by atoms with Gasteiger partial charge in [0.15, 0.2) is 11.5 Å². The van der Waals surface area contributed by atoms with Crippen LogP contribution in [0.2, 0.25) is 0 Å². The maximum Gasteiger partial charge on any atom is 0.374 e. The Balaban J connectivity index is 1.78. The normalized spacial score (nSPS) is 12.4. The Morgan fingerprint density at radius 2 is 2.12 bits per heavy atom. The van der Waals surface area contributed by atoms with Gasteiger partial charge in [0, 0.05) is 5.56 Å². The number of carbonyl (C=O) groups is 2. The molecule has 0 bridgehead atoms. The van der Waals surface area contributed by atoms with Gasteiger partial charge in [-0.3, -0.25) is 4.79 Å². The number of anilines is 1. The Morgan fingerprint density at radius 1 is 1.32 bits per heavy atom. The van der Waals surface area contributed by atoms with E-state index in [1.807, 2.05) is 0 Å². The number of nitrogens with zero attached hydrogens (tertiary/aromatic N) is 1. The number of hydrogen-bond donors (Lipinski definition) is 2. The maximum absolute atomic E-state index is 12.4. The summed E-state index contributed by atoms with van der Waals surface area (Å²) in [6.45, 7) is 2.74. The van der Waals surface area contributed by atoms with Crippen LogP contribution in [0.15, 0.2) is 18.3 Å². The summed E-state index contributed by atoms with van der Waals surface area (Å²) in [5, 5.41) is 2.62. The molecule has 0 radical (unpaired) electrons. The number of hydrogen-bond acceptors (Lipinski definition) is 7. The lowest BCUT2D eigenvalue weighted by molar-refractivity contribution is 0.0513. The molecule has 0 aliphatic carbocycles. The summed E-state index contributed by atoms with van der Waals surface area (Å²) in [4.78, 5) is 30.6. The number of methoxy groups -OCH3 is 1. The molecular formula is C16H17N3O6. The molecule has 1 aliphatic rings. The smallest absolute Gasteiger partial charge is 0.374 e. The zero-order valence-electron chi connectivity index (χ0n) is 13.8. The first-order valence-electron chi connectivity index (χ1n) is 7.63. The zero-order valence-corrected chi connectivity index (χ0v) is 13.8. The molecule has 2 heterocycles. The molecule has 0 saturated carbocycles. The fourth-order valence-corrected chi connectivity index (χ4v) is 2.29. The van der Waals surface area contributed by atoms with E-state index in [0.717, 1.165) is 0 Å². The van der Waals surface area contributed by atoms with E-state index < -0.39 is 11.9 Å². The molecule has 1 amide bonds. The molecule has 0 atom stereocenters. The van der Waals surface area contributed by atoms with E-state index in [4.69, 9.17) is 18.9 Å². The summed E-state index contributed by atoms with van der Waals surface area (Å²) in [5.41, 5.74) is 0.313. The molecule has 2 N–H and O–H groups in total. The average molecular weight is 347 g/mol. The third-order valence-corrected chi connectivity index (χ3v) is 3.38. The number of aromatic amines is 1. The summed E-state index contributed by atoms with van der Waals surface area (Å²) in [6, 6.07) is 3.11. The third kappa shape index (κ3) is 3.49. The van der Waals surface area contributed by atoms with Crippen LogP contribution in [0.1, 0.15) is 27.9 Å². The van der Waals surface area contributed by atoms with E-state index >= 15 is 0 Å². The number of aromatic nitrogens is 2. The molecule has 0 fully saturated rings. The van der Waals surface area contributed by atoms with Gasteiger partial charge in [-0.15, -0.1) is 0 Å². The third-order valence-electron chi connectivity index (χ3n) is 3.38. The van der Waals surface area contributed by atoms with Crippen LogP contribution in [0.25, 0.3) is 0 Å². The van der Waals surface area contributed by atoms with E-state index in [0.29, 0.717) is 36.0 Å². The fourth-order valence-electron chi connectivity index (χ4n) is 2.29. The molecule has 1 aliphatic heterocycles. The van der Waals surface area contributed by atoms with Gasteiger partial charge in [0.2, 0.25) is 11.6 Å². The lowest BCUT2D eigenvalue weighted by Gasteiger charge is -2.21. The zero-order chi connectivity index (χ0) is 17.8. The van der Waals surface area contributed by atoms with Crippen molar-refractivity contribution in [1.82, 2.24) is 9.97 Å². The Kier molecular flexibility index (Phi) is 4.73. The molecule has 25 heavy (non-hydrogen) atoms. The Morgan fingerprint density at radius 3 is 2.88 bits per heavy atom. The van der Waals surface area contributed by atoms with Crippen LogP contribution in [0.5, 0.6) is 17.2 Å². The molecule has 9 nitrogen and oxygen atoms in total. The van der Waals surface area contributed by atoms with Gasteiger partial charge in [0.1, 0.15) is 19.0 Å². The highest BCUT2D eigenvalue weighted by atomic mass is 16.6. The van der Waals surface area contributed by atoms with Gasteiger partial charge in [0.05, 0.1) is 19.9 Å². The minimum absolute atomic E-state index is 0.0110. The van der Waals surface area contributed by atoms with Gasteiger partial charge in [-0.25, -0.2) is 9.78 Å². The second-order valence-corrected chi connectivity index (χ2v) is 5.02. The summed E-state index contributed by atoms with van der Waals surface area (Å²) >= 11 is 0. The quantitative estimate of drug-likeness (QED) is 0.790. The summed E-state index contributed by atoms with van der Waals surface area (Å²) in [5.74, 6) is 0.570. The molecule has 0 unspecified atom stereocenters. The minimum Gasteiger partial charge on any atom is -0.493 e. The van der Waals surface area contributed by atoms with E-state index in [-0.39, 0.29) is 18.2 Å². The lowest BCUT2D eigenvalue weighted by atomic mass is 10.1. The van der Waals surface area contributed by atoms with Crippen molar-refractivity contribution in [3.63, 3.8) is 0 Å². The molecule has 0 saturated heterocycles. The number of imidazole rings is 1. The highest BCUT2D eigenvalue weighted by Gasteiger charge is 2.21. The second-order valence-electron chi connectivity index (χ2n) is 5.02. The van der Waals surface area contributed by atoms with Crippen LogP contribution in [0, 0.1) is 0 Å². The first-order valence-corrected chi connectivity index (χ1v) is 7.63. The van der Waals surface area contributed by atoms with Crippen molar-refractivity contribution < 1.29 is 28.5 Å². The van der Waals surface area contributed by atoms with Crippen molar-refractivity contribution in [3.05, 3.63) is 29.7 Å². The van der Waals surface area contributed by atoms with Gasteiger partial charge in [0.25, 0.3) is 5.91 Å². The first-order chi connectivity index (χ1) is 12.1. The van der Waals surface area contributed by atoms with Crippen molar-refractivity contribution in [2.45, 2.75) is 6.92 Å². The molecule has 9 heteroatoms. The molecule has 2 aromatic rings. The van der Waals surface area contributed by atoms with Crippen molar-refractivity contribution in [3.8, 4) is 17.2 Å². The Hall–Kier alpha value is -3.23. The number of H-pyrrole nitrogens is 1. The highest BCUT2D eigenvalue weighted by Crippen LogP contribution is 2.40. The van der Waals surface area contributed by atoms with Crippen molar-refractivity contribution >= 4 is 17.7 Å². The number of benzene rings is 1. The van der Waals surface area contributed by atoms with Gasteiger partial charge < -0.3 is 29.2 Å². The number of carbonyl (C=O) groups excluding carboxylic acids is 2. The second kappa shape index (κ2) is 7.12. The van der Waals surface area contributed by atoms with Gasteiger partial charge in [-0.1, -0.05) is 0 Å². The van der Waals surface area contributed by atoms with Crippen LogP contribution in [-0.4, -0.2) is 48.8 Å². The van der Waals surface area contributed by atoms with Crippen LogP contribution in [0.4, 0.5) is 5.82 Å².